The molecule has 4 aromatic carbocycles. The molecular weight excluding hydrogens is 1010 g/mol. The summed E-state index contributed by atoms with van der Waals surface area (Å²) in [5, 5.41) is 8.49. The van der Waals surface area contributed by atoms with Gasteiger partial charge in [-0.3, -0.25) is 9.09 Å². The van der Waals surface area contributed by atoms with Crippen molar-refractivity contribution in [2.45, 2.75) is 94.5 Å². The molecule has 0 amide bonds. The number of esters is 1. The summed E-state index contributed by atoms with van der Waals surface area (Å²) in [6, 6.07) is 29.8. The van der Waals surface area contributed by atoms with Crippen molar-refractivity contribution in [1.29, 1.82) is 0 Å². The fourth-order valence-corrected chi connectivity index (χ4v) is 11.8. The number of hydrogen-bond donors (Lipinski definition) is 1. The maximum Gasteiger partial charge on any atom is 0.340 e. The molecule has 390 valence electrons. The average Bonchev–Trinajstić information content (AvgIpc) is 4.18. The first kappa shape index (κ1) is 53.0. The second kappa shape index (κ2) is 21.1. The van der Waals surface area contributed by atoms with Gasteiger partial charge in [0.2, 0.25) is 0 Å². The van der Waals surface area contributed by atoms with E-state index < -0.39 is 76.3 Å². The molecule has 18 nitrogen and oxygen atoms in total. The van der Waals surface area contributed by atoms with E-state index in [9.17, 15) is 9.69 Å². The van der Waals surface area contributed by atoms with Gasteiger partial charge in [0.25, 0.3) is 0 Å². The van der Waals surface area contributed by atoms with Gasteiger partial charge in [0.15, 0.2) is 32.6 Å². The summed E-state index contributed by atoms with van der Waals surface area (Å²) in [5.41, 5.74) is 3.65. The highest BCUT2D eigenvalue weighted by molar-refractivity contribution is 8.07. The largest absolute Gasteiger partial charge is 0.497 e. The average molecular weight is 1070 g/mol. The second-order valence-corrected chi connectivity index (χ2v) is 27.1. The summed E-state index contributed by atoms with van der Waals surface area (Å²) < 4.78 is 76.0. The lowest BCUT2D eigenvalue weighted by molar-refractivity contribution is -0.0866. The molecule has 1 N–H and O–H groups in total. The molecule has 22 heteroatoms. The Hall–Kier alpha value is -5.84. The molecule has 3 aromatic heterocycles. The Morgan fingerprint density at radius 2 is 1.50 bits per heavy atom. The third kappa shape index (κ3) is 10.1. The smallest absolute Gasteiger partial charge is 0.340 e. The Balaban J connectivity index is 1.05. The number of imidazole rings is 1. The van der Waals surface area contributed by atoms with Crippen LogP contribution in [0.15, 0.2) is 122 Å². The lowest BCUT2D eigenvalue weighted by Crippen LogP contribution is -2.49. The van der Waals surface area contributed by atoms with Gasteiger partial charge in [0.05, 0.1) is 57.6 Å². The van der Waals surface area contributed by atoms with Gasteiger partial charge in [0, 0.05) is 0 Å². The summed E-state index contributed by atoms with van der Waals surface area (Å²) in [6.45, 7) is 11.5. The molecule has 0 radical (unpaired) electrons. The standard InChI is InChI=1S/C52H59FN7O11PSSi/c1-31-40(27-66-52(33-15-12-11-13-16-33,34-19-23-36(63-6)24-20-34)35-21-25-37(64-7)26-22-35)68-49(60-39-18-14-17-38(50(61)65-8)44(39)57-58-60)45(31)70-72(62,73)67-28-41-46(71-74(9,10)51(3,4)5)42(53)48(69-41)59-30-56-43-32(2)54-29-55-47(43)59/h11-26,29-30,40-42,45-46,48-49H,1,27-28H2,2-10H3,(H,62,73)/t40-,41-,42-,45-,46-,48-,49-,72?/m1/s1. The highest BCUT2D eigenvalue weighted by Gasteiger charge is 2.53. The van der Waals surface area contributed by atoms with E-state index in [2.05, 4.69) is 52.6 Å². The first-order valence-electron chi connectivity index (χ1n) is 23.8. The number of alkyl halides is 1. The van der Waals surface area contributed by atoms with E-state index in [0.717, 1.165) is 16.7 Å². The molecule has 0 saturated carbocycles. The number of ether oxygens (including phenoxy) is 6. The van der Waals surface area contributed by atoms with Gasteiger partial charge in [-0.2, -0.15) is 0 Å². The summed E-state index contributed by atoms with van der Waals surface area (Å²) in [4.78, 5) is 38.1. The molecule has 2 saturated heterocycles. The van der Waals surface area contributed by atoms with E-state index in [0.29, 0.717) is 39.4 Å². The van der Waals surface area contributed by atoms with Crippen molar-refractivity contribution in [3.05, 3.63) is 150 Å². The SMILES string of the molecule is C=C1[C@@H](OP(O)(=S)OC[C@H]2O[C@@H](n3cnc4c(C)ncnc43)[C@H](F)[C@@H]2O[Si](C)(C)C(C)(C)C)[C@H](n2nnc3c(C(=O)OC)cccc32)O[C@@H]1COC(c1ccccc1)(c1ccc(OC)cc1)c1ccc(OC)cc1. The van der Waals surface area contributed by atoms with E-state index in [1.54, 1.807) is 39.3 Å². The van der Waals surface area contributed by atoms with Crippen LogP contribution in [0.1, 0.15) is 66.0 Å². The Kier molecular flexibility index (Phi) is 15.1. The van der Waals surface area contributed by atoms with E-state index in [4.69, 9.17) is 53.7 Å². The van der Waals surface area contributed by atoms with Gasteiger partial charge in [-0.05, 0) is 95.5 Å². The maximum atomic E-state index is 17.1. The van der Waals surface area contributed by atoms with Crippen LogP contribution in [-0.2, 0) is 49.8 Å². The van der Waals surface area contributed by atoms with Gasteiger partial charge in [-0.15, -0.1) is 5.10 Å². The van der Waals surface area contributed by atoms with Crippen molar-refractivity contribution in [2.75, 3.05) is 34.5 Å². The lowest BCUT2D eigenvalue weighted by Gasteiger charge is -2.39. The van der Waals surface area contributed by atoms with Crippen LogP contribution in [0, 0.1) is 6.92 Å². The lowest BCUT2D eigenvalue weighted by atomic mass is 9.80. The molecule has 7 aromatic rings. The number of nitrogens with zero attached hydrogens (tertiary/aromatic N) is 7. The van der Waals surface area contributed by atoms with Crippen LogP contribution >= 0.6 is 6.72 Å². The van der Waals surface area contributed by atoms with E-state index in [1.807, 2.05) is 92.0 Å². The van der Waals surface area contributed by atoms with E-state index >= 15 is 4.39 Å². The molecule has 2 aliphatic rings. The number of aromatic nitrogens is 7. The predicted molar refractivity (Wildman–Crippen MR) is 278 cm³/mol. The number of carbonyl (C=O) groups is 1. The van der Waals surface area contributed by atoms with Gasteiger partial charge < -0.3 is 42.3 Å². The summed E-state index contributed by atoms with van der Waals surface area (Å²) in [6.07, 6.45) is -5.75. The third-order valence-corrected chi connectivity index (χ3v) is 20.1. The number of aryl methyl sites for hydroxylation is 1. The minimum atomic E-state index is -4.35. The number of benzene rings is 4. The molecule has 0 spiro atoms. The van der Waals surface area contributed by atoms with Crippen molar-refractivity contribution < 1.29 is 56.0 Å². The predicted octanol–water partition coefficient (Wildman–Crippen LogP) is 9.09. The van der Waals surface area contributed by atoms with Crippen LogP contribution in [0.3, 0.4) is 0 Å². The van der Waals surface area contributed by atoms with Gasteiger partial charge in [-0.25, -0.2) is 28.8 Å². The number of halogens is 1. The van der Waals surface area contributed by atoms with Crippen LogP contribution < -0.4 is 9.47 Å². The van der Waals surface area contributed by atoms with E-state index in [-0.39, 0.29) is 22.7 Å². The van der Waals surface area contributed by atoms with Crippen LogP contribution in [0.2, 0.25) is 18.1 Å². The van der Waals surface area contributed by atoms with Gasteiger partial charge >= 0.3 is 12.7 Å². The molecule has 74 heavy (non-hydrogen) atoms. The first-order chi connectivity index (χ1) is 35.3. The van der Waals surface area contributed by atoms with Crippen molar-refractivity contribution in [2.24, 2.45) is 0 Å². The topological polar surface area (TPSA) is 195 Å². The zero-order valence-electron chi connectivity index (χ0n) is 42.4. The highest BCUT2D eigenvalue weighted by Crippen LogP contribution is 2.53. The first-order valence-corrected chi connectivity index (χ1v) is 29.3. The van der Waals surface area contributed by atoms with Crippen LogP contribution in [0.4, 0.5) is 4.39 Å². The molecule has 8 atom stereocenters. The molecule has 2 fully saturated rings. The van der Waals surface area contributed by atoms with Crippen molar-refractivity contribution in [1.82, 2.24) is 34.5 Å². The monoisotopic (exact) mass is 1070 g/mol. The zero-order valence-corrected chi connectivity index (χ0v) is 45.2. The molecule has 9 rings (SSSR count). The second-order valence-electron chi connectivity index (χ2n) is 19.5. The molecule has 1 unspecified atom stereocenters. The van der Waals surface area contributed by atoms with Crippen LogP contribution in [-0.4, -0.2) is 119 Å². The Morgan fingerprint density at radius 1 is 0.851 bits per heavy atom. The number of fused-ring (bicyclic) bond motifs is 2. The van der Waals surface area contributed by atoms with E-state index in [1.165, 1.54) is 29.0 Å². The normalized spacial score (nSPS) is 22.3. The van der Waals surface area contributed by atoms with Gasteiger partial charge in [-0.1, -0.05) is 93.2 Å². The number of methoxy groups -OCH3 is 3. The van der Waals surface area contributed by atoms with Crippen molar-refractivity contribution in [3.63, 3.8) is 0 Å². The molecule has 0 aliphatic carbocycles. The van der Waals surface area contributed by atoms with Gasteiger partial charge in [0.1, 0.15) is 58.9 Å². The quantitative estimate of drug-likeness (QED) is 0.0281. The number of carbonyl (C=O) groups excluding carboxylic acids is 1. The summed E-state index contributed by atoms with van der Waals surface area (Å²) >= 11 is 5.79. The van der Waals surface area contributed by atoms with Crippen molar-refractivity contribution >= 4 is 55.0 Å². The molecule has 5 heterocycles. The van der Waals surface area contributed by atoms with Crippen molar-refractivity contribution in [3.8, 4) is 11.5 Å². The molecular formula is C52H59FN7O11PSSi. The minimum absolute atomic E-state index is 0.133. The third-order valence-electron chi connectivity index (χ3n) is 14.1. The zero-order chi connectivity index (χ0) is 52.7. The fraction of sp³-hybridized carbons (Fsp3) is 0.385. The summed E-state index contributed by atoms with van der Waals surface area (Å²) in [5.74, 6) is 0.676. The van der Waals surface area contributed by atoms with Crippen LogP contribution in [0.5, 0.6) is 11.5 Å². The fourth-order valence-electron chi connectivity index (χ4n) is 9.05. The number of rotatable bonds is 18. The highest BCUT2D eigenvalue weighted by atomic mass is 32.5. The minimum Gasteiger partial charge on any atom is -0.497 e. The van der Waals surface area contributed by atoms with Crippen LogP contribution in [0.25, 0.3) is 22.2 Å². The molecule has 2 aliphatic heterocycles. The Bertz CT molecular complexity index is 3150. The Labute approximate surface area is 434 Å². The Morgan fingerprint density at radius 3 is 2.12 bits per heavy atom. The summed E-state index contributed by atoms with van der Waals surface area (Å²) in [7, 11) is 1.82. The number of hydrogen-bond acceptors (Lipinski definition) is 16. The maximum absolute atomic E-state index is 17.1. The molecule has 0 bridgehead atoms.